The summed E-state index contributed by atoms with van der Waals surface area (Å²) in [5.74, 6) is 1.27. The zero-order chi connectivity index (χ0) is 18.1. The van der Waals surface area contributed by atoms with E-state index in [0.29, 0.717) is 43.6 Å². The fourth-order valence-corrected chi connectivity index (χ4v) is 3.36. The van der Waals surface area contributed by atoms with Crippen LogP contribution < -0.4 is 5.56 Å². The molecule has 130 valence electrons. The van der Waals surface area contributed by atoms with Gasteiger partial charge in [0.25, 0.3) is 10.8 Å². The topological polar surface area (TPSA) is 84.7 Å². The Morgan fingerprint density at radius 1 is 1.08 bits per heavy atom. The Labute approximate surface area is 161 Å². The van der Waals surface area contributed by atoms with Crippen LogP contribution in [0.4, 0.5) is 0 Å². The molecule has 2 heterocycles. The number of benzene rings is 2. The molecule has 4 aromatic rings. The highest BCUT2D eigenvalue weighted by atomic mass is 35.5. The van der Waals surface area contributed by atoms with Gasteiger partial charge in [-0.2, -0.15) is 0 Å². The fourth-order valence-electron chi connectivity index (χ4n) is 2.36. The van der Waals surface area contributed by atoms with Crippen molar-refractivity contribution in [3.05, 3.63) is 68.7 Å². The van der Waals surface area contributed by atoms with Gasteiger partial charge in [-0.05, 0) is 36.4 Å². The summed E-state index contributed by atoms with van der Waals surface area (Å²) in [6, 6.07) is 12.2. The lowest BCUT2D eigenvalue weighted by Crippen LogP contribution is -2.11. The van der Waals surface area contributed by atoms with Crippen LogP contribution in [0.15, 0.2) is 56.9 Å². The van der Waals surface area contributed by atoms with Crippen molar-refractivity contribution >= 4 is 45.9 Å². The molecule has 4 rings (SSSR count). The summed E-state index contributed by atoms with van der Waals surface area (Å²) in [4.78, 5) is 19.3. The van der Waals surface area contributed by atoms with Crippen molar-refractivity contribution in [1.82, 2.24) is 20.2 Å². The predicted octanol–water partition coefficient (Wildman–Crippen LogP) is 4.57. The van der Waals surface area contributed by atoms with Gasteiger partial charge in [-0.3, -0.25) is 4.79 Å². The van der Waals surface area contributed by atoms with E-state index in [-0.39, 0.29) is 5.56 Å². The molecular weight excluding hydrogens is 395 g/mol. The van der Waals surface area contributed by atoms with Crippen LogP contribution in [0.1, 0.15) is 5.82 Å². The first-order valence-electron chi connectivity index (χ1n) is 7.49. The molecule has 0 bridgehead atoms. The Hall–Kier alpha value is -2.35. The van der Waals surface area contributed by atoms with Gasteiger partial charge in [-0.25, -0.2) is 4.98 Å². The maximum absolute atomic E-state index is 12.2. The second-order valence-corrected chi connectivity index (χ2v) is 7.15. The minimum atomic E-state index is -0.238. The number of aromatic amines is 1. The van der Waals surface area contributed by atoms with E-state index in [1.54, 1.807) is 30.3 Å². The minimum Gasteiger partial charge on any atom is -0.411 e. The molecule has 6 nitrogen and oxygen atoms in total. The highest BCUT2D eigenvalue weighted by Crippen LogP contribution is 2.26. The highest BCUT2D eigenvalue weighted by Gasteiger charge is 2.11. The van der Waals surface area contributed by atoms with Crippen molar-refractivity contribution in [1.29, 1.82) is 0 Å². The predicted molar refractivity (Wildman–Crippen MR) is 102 cm³/mol. The van der Waals surface area contributed by atoms with E-state index in [9.17, 15) is 4.79 Å². The van der Waals surface area contributed by atoms with Crippen molar-refractivity contribution < 1.29 is 4.42 Å². The number of thioether (sulfide) groups is 1. The summed E-state index contributed by atoms with van der Waals surface area (Å²) in [7, 11) is 0. The first-order chi connectivity index (χ1) is 12.6. The van der Waals surface area contributed by atoms with E-state index in [4.69, 9.17) is 27.6 Å². The normalized spacial score (nSPS) is 11.2. The van der Waals surface area contributed by atoms with Crippen LogP contribution in [0.3, 0.4) is 0 Å². The Balaban J connectivity index is 1.54. The van der Waals surface area contributed by atoms with E-state index in [1.165, 1.54) is 11.8 Å². The maximum Gasteiger partial charge on any atom is 0.277 e. The van der Waals surface area contributed by atoms with E-state index in [2.05, 4.69) is 20.2 Å². The third-order valence-corrected chi connectivity index (χ3v) is 4.83. The smallest absolute Gasteiger partial charge is 0.277 e. The van der Waals surface area contributed by atoms with Gasteiger partial charge in [-0.1, -0.05) is 41.0 Å². The van der Waals surface area contributed by atoms with Crippen molar-refractivity contribution in [2.75, 3.05) is 0 Å². The van der Waals surface area contributed by atoms with Crippen LogP contribution in [0.2, 0.25) is 10.0 Å². The fraction of sp³-hybridized carbons (Fsp3) is 0.0588. The van der Waals surface area contributed by atoms with Gasteiger partial charge in [0.05, 0.1) is 16.7 Å². The Morgan fingerprint density at radius 3 is 2.77 bits per heavy atom. The zero-order valence-corrected chi connectivity index (χ0v) is 15.4. The van der Waals surface area contributed by atoms with Crippen LogP contribution in [-0.4, -0.2) is 20.2 Å². The summed E-state index contributed by atoms with van der Waals surface area (Å²) in [6.07, 6.45) is 0. The third kappa shape index (κ3) is 3.60. The molecule has 9 heteroatoms. The largest absolute Gasteiger partial charge is 0.411 e. The number of halogens is 2. The van der Waals surface area contributed by atoms with Gasteiger partial charge in [-0.15, -0.1) is 10.2 Å². The molecule has 26 heavy (non-hydrogen) atoms. The van der Waals surface area contributed by atoms with Crippen molar-refractivity contribution in [2.24, 2.45) is 0 Å². The average molecular weight is 405 g/mol. The number of nitrogens with zero attached hydrogens (tertiary/aromatic N) is 3. The first-order valence-corrected chi connectivity index (χ1v) is 9.23. The molecule has 2 aromatic carbocycles. The number of fused-ring (bicyclic) bond motifs is 1. The Bertz CT molecular complexity index is 1160. The van der Waals surface area contributed by atoms with Gasteiger partial charge in [0.2, 0.25) is 5.89 Å². The molecule has 0 radical (unpaired) electrons. The number of rotatable bonds is 4. The van der Waals surface area contributed by atoms with Crippen LogP contribution in [0, 0.1) is 0 Å². The standard InChI is InChI=1S/C17H10Cl2N4O2S/c18-10-3-1-2-9(6-10)16-22-23-17(25-16)26-8-14-20-13-5-4-11(19)7-12(13)15(24)21-14/h1-7H,8H2,(H,20,21,24). The molecule has 0 aliphatic rings. The lowest BCUT2D eigenvalue weighted by molar-refractivity contribution is 0.465. The van der Waals surface area contributed by atoms with Crippen LogP contribution >= 0.6 is 35.0 Å². The molecule has 0 saturated heterocycles. The third-order valence-electron chi connectivity index (χ3n) is 3.53. The Morgan fingerprint density at radius 2 is 1.92 bits per heavy atom. The minimum absolute atomic E-state index is 0.238. The highest BCUT2D eigenvalue weighted by molar-refractivity contribution is 7.98. The lowest BCUT2D eigenvalue weighted by atomic mass is 10.2. The summed E-state index contributed by atoms with van der Waals surface area (Å²) < 4.78 is 5.62. The molecule has 0 fully saturated rings. The number of nitrogens with one attached hydrogen (secondary N) is 1. The van der Waals surface area contributed by atoms with E-state index in [0.717, 1.165) is 5.56 Å². The van der Waals surface area contributed by atoms with Crippen molar-refractivity contribution in [2.45, 2.75) is 11.0 Å². The monoisotopic (exact) mass is 404 g/mol. The number of H-pyrrole nitrogens is 1. The lowest BCUT2D eigenvalue weighted by Gasteiger charge is -2.01. The van der Waals surface area contributed by atoms with Gasteiger partial charge in [0.15, 0.2) is 0 Å². The molecule has 2 aromatic heterocycles. The van der Waals surface area contributed by atoms with Crippen LogP contribution in [0.5, 0.6) is 0 Å². The quantitative estimate of drug-likeness (QED) is 0.501. The summed E-state index contributed by atoms with van der Waals surface area (Å²) in [6.45, 7) is 0. The van der Waals surface area contributed by atoms with Crippen molar-refractivity contribution in [3.8, 4) is 11.5 Å². The van der Waals surface area contributed by atoms with Crippen LogP contribution in [-0.2, 0) is 5.75 Å². The van der Waals surface area contributed by atoms with E-state index in [1.807, 2.05) is 12.1 Å². The van der Waals surface area contributed by atoms with Gasteiger partial charge < -0.3 is 9.40 Å². The van der Waals surface area contributed by atoms with Gasteiger partial charge >= 0.3 is 0 Å². The molecule has 0 atom stereocenters. The van der Waals surface area contributed by atoms with Gasteiger partial charge in [0, 0.05) is 15.6 Å². The summed E-state index contributed by atoms with van der Waals surface area (Å²) in [5.41, 5.74) is 1.09. The van der Waals surface area contributed by atoms with Gasteiger partial charge in [0.1, 0.15) is 5.82 Å². The van der Waals surface area contributed by atoms with E-state index >= 15 is 0 Å². The average Bonchev–Trinajstić information content (AvgIpc) is 3.10. The SMILES string of the molecule is O=c1[nH]c(CSc2nnc(-c3cccc(Cl)c3)o2)nc2ccc(Cl)cc12. The molecule has 0 aliphatic heterocycles. The molecular formula is C17H10Cl2N4O2S. The van der Waals surface area contributed by atoms with E-state index < -0.39 is 0 Å². The Kier molecular flexibility index (Phi) is 4.67. The number of hydrogen-bond donors (Lipinski definition) is 1. The van der Waals surface area contributed by atoms with Crippen LogP contribution in [0.25, 0.3) is 22.4 Å². The second kappa shape index (κ2) is 7.11. The number of hydrogen-bond acceptors (Lipinski definition) is 6. The first kappa shape index (κ1) is 17.1. The molecule has 0 aliphatic carbocycles. The molecule has 0 spiro atoms. The molecule has 1 N–H and O–H groups in total. The molecule has 0 unspecified atom stereocenters. The molecule has 0 amide bonds. The second-order valence-electron chi connectivity index (χ2n) is 5.35. The van der Waals surface area contributed by atoms with Crippen molar-refractivity contribution in [3.63, 3.8) is 0 Å². The summed E-state index contributed by atoms with van der Waals surface area (Å²) >= 11 is 13.2. The molecule has 0 saturated carbocycles. The summed E-state index contributed by atoms with van der Waals surface area (Å²) in [5, 5.41) is 9.92. The zero-order valence-electron chi connectivity index (χ0n) is 13.1. The number of aromatic nitrogens is 4. The maximum atomic E-state index is 12.2.